The Bertz CT molecular complexity index is 719. The fourth-order valence-electron chi connectivity index (χ4n) is 1.76. The summed E-state index contributed by atoms with van der Waals surface area (Å²) in [5.41, 5.74) is 2.29. The molecule has 5 heteroatoms. The van der Waals surface area contributed by atoms with Crippen LogP contribution < -0.4 is 0 Å². The van der Waals surface area contributed by atoms with Crippen LogP contribution in [0.5, 0.6) is 0 Å². The molecule has 0 unspecified atom stereocenters. The number of aromatic carboxylic acids is 1. The van der Waals surface area contributed by atoms with Crippen LogP contribution in [0.2, 0.25) is 0 Å². The zero-order valence-electron chi connectivity index (χ0n) is 9.32. The van der Waals surface area contributed by atoms with Crippen molar-refractivity contribution in [3.63, 3.8) is 0 Å². The van der Waals surface area contributed by atoms with Crippen LogP contribution in [0.3, 0.4) is 0 Å². The number of nitrogens with zero attached hydrogens (tertiary/aromatic N) is 3. The lowest BCUT2D eigenvalue weighted by Crippen LogP contribution is -1.94. The zero-order chi connectivity index (χ0) is 12.5. The van der Waals surface area contributed by atoms with Crippen molar-refractivity contribution in [2.75, 3.05) is 0 Å². The van der Waals surface area contributed by atoms with Crippen molar-refractivity contribution >= 4 is 11.6 Å². The minimum Gasteiger partial charge on any atom is -0.476 e. The van der Waals surface area contributed by atoms with Crippen LogP contribution in [0.15, 0.2) is 48.9 Å². The van der Waals surface area contributed by atoms with Crippen LogP contribution in [0.4, 0.5) is 0 Å². The van der Waals surface area contributed by atoms with Crippen molar-refractivity contribution in [2.24, 2.45) is 0 Å². The number of rotatable bonds is 2. The number of carboxylic acids is 1. The number of hydrogen-bond donors (Lipinski definition) is 1. The van der Waals surface area contributed by atoms with Crippen LogP contribution in [0.25, 0.3) is 16.9 Å². The second kappa shape index (κ2) is 3.96. The van der Waals surface area contributed by atoms with Crippen molar-refractivity contribution < 1.29 is 9.90 Å². The van der Waals surface area contributed by atoms with Crippen LogP contribution in [0, 0.1) is 0 Å². The molecule has 3 rings (SSSR count). The highest BCUT2D eigenvalue weighted by atomic mass is 16.4. The van der Waals surface area contributed by atoms with Gasteiger partial charge in [0, 0.05) is 18.0 Å². The Balaban J connectivity index is 2.14. The van der Waals surface area contributed by atoms with Crippen LogP contribution >= 0.6 is 0 Å². The molecule has 0 saturated carbocycles. The average molecular weight is 239 g/mol. The summed E-state index contributed by atoms with van der Waals surface area (Å²) in [6.45, 7) is 0. The molecule has 0 radical (unpaired) electrons. The highest BCUT2D eigenvalue weighted by molar-refractivity contribution is 5.86. The minimum absolute atomic E-state index is 0.0158. The monoisotopic (exact) mass is 239 g/mol. The second-order valence-corrected chi connectivity index (χ2v) is 3.84. The van der Waals surface area contributed by atoms with Crippen LogP contribution in [-0.2, 0) is 0 Å². The van der Waals surface area contributed by atoms with Gasteiger partial charge in [0.1, 0.15) is 0 Å². The summed E-state index contributed by atoms with van der Waals surface area (Å²) < 4.78 is 1.67. The number of hydrogen-bond acceptors (Lipinski definition) is 3. The lowest BCUT2D eigenvalue weighted by molar-refractivity contribution is 0.0691. The number of carbonyl (C=O) groups is 1. The van der Waals surface area contributed by atoms with Gasteiger partial charge in [-0.25, -0.2) is 9.78 Å². The van der Waals surface area contributed by atoms with Gasteiger partial charge >= 0.3 is 5.97 Å². The molecule has 0 aliphatic carbocycles. The van der Waals surface area contributed by atoms with E-state index in [1.165, 1.54) is 6.20 Å². The van der Waals surface area contributed by atoms with E-state index in [4.69, 9.17) is 5.11 Å². The normalized spacial score (nSPS) is 10.7. The summed E-state index contributed by atoms with van der Waals surface area (Å²) in [6.07, 6.45) is 4.81. The number of carboxylic acid groups (broad SMARTS) is 1. The third-order valence-electron chi connectivity index (χ3n) is 2.63. The first-order chi connectivity index (χ1) is 8.74. The SMILES string of the molecule is O=C(O)c1cn2cc(-c3ccccc3)ncc2n1. The minimum atomic E-state index is -1.04. The van der Waals surface area contributed by atoms with Crippen molar-refractivity contribution in [3.05, 3.63) is 54.6 Å². The summed E-state index contributed by atoms with van der Waals surface area (Å²) in [6, 6.07) is 9.68. The van der Waals surface area contributed by atoms with Gasteiger partial charge in [-0.2, -0.15) is 0 Å². The molecule has 0 bridgehead atoms. The first kappa shape index (κ1) is 10.5. The predicted octanol–water partition coefficient (Wildman–Crippen LogP) is 2.09. The first-order valence-corrected chi connectivity index (χ1v) is 5.37. The Morgan fingerprint density at radius 2 is 1.94 bits per heavy atom. The molecule has 0 saturated heterocycles. The Hall–Kier alpha value is -2.69. The van der Waals surface area contributed by atoms with Crippen molar-refractivity contribution in [1.82, 2.24) is 14.4 Å². The fraction of sp³-hybridized carbons (Fsp3) is 0. The van der Waals surface area contributed by atoms with Gasteiger partial charge in [0.15, 0.2) is 11.3 Å². The van der Waals surface area contributed by atoms with E-state index < -0.39 is 5.97 Å². The highest BCUT2D eigenvalue weighted by Crippen LogP contribution is 2.16. The molecule has 0 spiro atoms. The smallest absolute Gasteiger partial charge is 0.356 e. The van der Waals surface area contributed by atoms with Crippen molar-refractivity contribution in [3.8, 4) is 11.3 Å². The molecule has 0 amide bonds. The molecular formula is C13H9N3O2. The first-order valence-electron chi connectivity index (χ1n) is 5.37. The molecule has 0 atom stereocenters. The van der Waals surface area contributed by atoms with Gasteiger partial charge in [0.2, 0.25) is 0 Å². The van der Waals surface area contributed by atoms with E-state index in [1.807, 2.05) is 30.3 Å². The van der Waals surface area contributed by atoms with E-state index in [-0.39, 0.29) is 5.69 Å². The van der Waals surface area contributed by atoms with Crippen LogP contribution in [0.1, 0.15) is 10.5 Å². The predicted molar refractivity (Wildman–Crippen MR) is 65.4 cm³/mol. The molecule has 18 heavy (non-hydrogen) atoms. The van der Waals surface area contributed by atoms with E-state index in [1.54, 1.807) is 16.8 Å². The number of fused-ring (bicyclic) bond motifs is 1. The summed E-state index contributed by atoms with van der Waals surface area (Å²) in [5, 5.41) is 8.88. The summed E-state index contributed by atoms with van der Waals surface area (Å²) in [7, 11) is 0. The number of imidazole rings is 1. The Kier molecular flexibility index (Phi) is 2.30. The van der Waals surface area contributed by atoms with E-state index in [0.29, 0.717) is 5.65 Å². The summed E-state index contributed by atoms with van der Waals surface area (Å²) >= 11 is 0. The van der Waals surface area contributed by atoms with Crippen LogP contribution in [-0.4, -0.2) is 25.4 Å². The fourth-order valence-corrected chi connectivity index (χ4v) is 1.76. The van der Waals surface area contributed by atoms with Gasteiger partial charge < -0.3 is 9.51 Å². The topological polar surface area (TPSA) is 67.5 Å². The van der Waals surface area contributed by atoms with Crippen molar-refractivity contribution in [1.29, 1.82) is 0 Å². The maximum atomic E-state index is 10.8. The molecular weight excluding hydrogens is 230 g/mol. The van der Waals surface area contributed by atoms with Crippen molar-refractivity contribution in [2.45, 2.75) is 0 Å². The zero-order valence-corrected chi connectivity index (χ0v) is 9.32. The quantitative estimate of drug-likeness (QED) is 0.743. The third-order valence-corrected chi connectivity index (χ3v) is 2.63. The lowest BCUT2D eigenvalue weighted by atomic mass is 10.2. The molecule has 1 N–H and O–H groups in total. The maximum Gasteiger partial charge on any atom is 0.356 e. The van der Waals surface area contributed by atoms with E-state index in [2.05, 4.69) is 9.97 Å². The Labute approximate surface area is 102 Å². The molecule has 0 aliphatic rings. The second-order valence-electron chi connectivity index (χ2n) is 3.84. The number of benzene rings is 1. The molecule has 1 aromatic carbocycles. The molecule has 88 valence electrons. The van der Waals surface area contributed by atoms with Gasteiger partial charge in [-0.1, -0.05) is 30.3 Å². The molecule has 3 aromatic rings. The van der Waals surface area contributed by atoms with E-state index in [0.717, 1.165) is 11.3 Å². The summed E-state index contributed by atoms with van der Waals surface area (Å²) in [4.78, 5) is 19.1. The van der Waals surface area contributed by atoms with Gasteiger partial charge in [0.05, 0.1) is 11.9 Å². The summed E-state index contributed by atoms with van der Waals surface area (Å²) in [5.74, 6) is -1.04. The standard InChI is InChI=1S/C13H9N3O2/c17-13(18)11-8-16-7-10(14-6-12(16)15-11)9-4-2-1-3-5-9/h1-8H,(H,17,18). The molecule has 0 fully saturated rings. The largest absolute Gasteiger partial charge is 0.476 e. The van der Waals surface area contributed by atoms with E-state index >= 15 is 0 Å². The van der Waals surface area contributed by atoms with Gasteiger partial charge in [-0.3, -0.25) is 4.98 Å². The Morgan fingerprint density at radius 3 is 2.67 bits per heavy atom. The molecule has 5 nitrogen and oxygen atoms in total. The maximum absolute atomic E-state index is 10.8. The van der Waals surface area contributed by atoms with Gasteiger partial charge in [-0.15, -0.1) is 0 Å². The average Bonchev–Trinajstić information content (AvgIpc) is 2.82. The molecule has 2 aromatic heterocycles. The van der Waals surface area contributed by atoms with Gasteiger partial charge in [0.25, 0.3) is 0 Å². The van der Waals surface area contributed by atoms with Gasteiger partial charge in [-0.05, 0) is 0 Å². The highest BCUT2D eigenvalue weighted by Gasteiger charge is 2.09. The molecule has 2 heterocycles. The Morgan fingerprint density at radius 1 is 1.17 bits per heavy atom. The molecule has 0 aliphatic heterocycles. The van der Waals surface area contributed by atoms with E-state index in [9.17, 15) is 4.79 Å². The lowest BCUT2D eigenvalue weighted by Gasteiger charge is -2.00. The third kappa shape index (κ3) is 1.71. The number of aromatic nitrogens is 3.